The summed E-state index contributed by atoms with van der Waals surface area (Å²) in [6, 6.07) is 1.47. The van der Waals surface area contributed by atoms with Gasteiger partial charge in [-0.2, -0.15) is 5.10 Å². The molecule has 1 heterocycles. The van der Waals surface area contributed by atoms with E-state index in [9.17, 15) is 14.7 Å². The summed E-state index contributed by atoms with van der Waals surface area (Å²) in [5.74, 6) is -0.489. The van der Waals surface area contributed by atoms with Gasteiger partial charge in [0.2, 0.25) is 0 Å². The molecular weight excluding hydrogens is 274 g/mol. The van der Waals surface area contributed by atoms with E-state index in [1.165, 1.54) is 6.07 Å². The number of carbonyl (C=O) groups excluding carboxylic acids is 1. The summed E-state index contributed by atoms with van der Waals surface area (Å²) in [4.78, 5) is 25.1. The molecule has 0 amide bonds. The molecule has 7 heteroatoms. The van der Waals surface area contributed by atoms with E-state index in [0.717, 1.165) is 23.3 Å². The van der Waals surface area contributed by atoms with Crippen LogP contribution >= 0.6 is 0 Å². The molecule has 1 unspecified atom stereocenters. The molecule has 0 aliphatic heterocycles. The lowest BCUT2D eigenvalue weighted by atomic mass is 10.2. The molecule has 0 fully saturated rings. The molecule has 0 radical (unpaired) electrons. The molecular formula is C14H23N3O4. The van der Waals surface area contributed by atoms with Gasteiger partial charge in [0, 0.05) is 19.7 Å². The zero-order chi connectivity index (χ0) is 15.8. The Bertz CT molecular complexity index is 515. The minimum absolute atomic E-state index is 0.0323. The molecule has 0 spiro atoms. The topological polar surface area (TPSA) is 84.7 Å². The van der Waals surface area contributed by atoms with Crippen molar-refractivity contribution in [1.82, 2.24) is 9.78 Å². The van der Waals surface area contributed by atoms with Crippen molar-refractivity contribution in [3.05, 3.63) is 22.6 Å². The maximum Gasteiger partial charge on any atom is 0.308 e. The Hall–Kier alpha value is -1.89. The summed E-state index contributed by atoms with van der Waals surface area (Å²) in [5, 5.41) is 13.8. The monoisotopic (exact) mass is 297 g/mol. The van der Waals surface area contributed by atoms with Crippen LogP contribution in [0, 0.1) is 0 Å². The molecule has 0 bridgehead atoms. The first-order valence-electron chi connectivity index (χ1n) is 7.09. The fourth-order valence-corrected chi connectivity index (χ4v) is 1.91. The first-order valence-corrected chi connectivity index (χ1v) is 7.09. The first kappa shape index (κ1) is 17.2. The zero-order valence-electron chi connectivity index (χ0n) is 12.8. The van der Waals surface area contributed by atoms with Crippen molar-refractivity contribution in [2.45, 2.75) is 39.3 Å². The highest BCUT2D eigenvalue weighted by molar-refractivity contribution is 5.69. The third kappa shape index (κ3) is 5.55. The fraction of sp³-hybridized carbons (Fsp3) is 0.643. The van der Waals surface area contributed by atoms with Crippen molar-refractivity contribution < 1.29 is 14.6 Å². The maximum atomic E-state index is 11.9. The SMILES string of the molecule is CCCN(C)c1cnn(CC(O)CC(=O)OCC)c(=O)c1. The quantitative estimate of drug-likeness (QED) is 0.699. The number of hydrogen-bond acceptors (Lipinski definition) is 6. The number of rotatable bonds is 8. The Balaban J connectivity index is 2.68. The lowest BCUT2D eigenvalue weighted by molar-refractivity contribution is -0.145. The fourth-order valence-electron chi connectivity index (χ4n) is 1.91. The van der Waals surface area contributed by atoms with Crippen molar-refractivity contribution in [1.29, 1.82) is 0 Å². The zero-order valence-corrected chi connectivity index (χ0v) is 12.8. The number of esters is 1. The van der Waals surface area contributed by atoms with Crippen molar-refractivity contribution >= 4 is 11.7 Å². The van der Waals surface area contributed by atoms with Gasteiger partial charge < -0.3 is 14.7 Å². The number of aliphatic hydroxyl groups excluding tert-OH is 1. The Morgan fingerprint density at radius 2 is 2.24 bits per heavy atom. The molecule has 1 aromatic rings. The third-order valence-corrected chi connectivity index (χ3v) is 2.95. The minimum Gasteiger partial charge on any atom is -0.466 e. The standard InChI is InChI=1S/C14H23N3O4/c1-4-6-16(3)11-7-13(19)17(15-9-11)10-12(18)8-14(20)21-5-2/h7,9,12,18H,4-6,8,10H2,1-3H3. The van der Waals surface area contributed by atoms with Gasteiger partial charge in [-0.15, -0.1) is 0 Å². The van der Waals surface area contributed by atoms with Crippen LogP contribution in [0.1, 0.15) is 26.7 Å². The van der Waals surface area contributed by atoms with E-state index in [0.29, 0.717) is 0 Å². The smallest absolute Gasteiger partial charge is 0.308 e. The van der Waals surface area contributed by atoms with Gasteiger partial charge in [0.05, 0.1) is 37.6 Å². The molecule has 0 saturated carbocycles. The van der Waals surface area contributed by atoms with Gasteiger partial charge in [0.1, 0.15) is 0 Å². The largest absolute Gasteiger partial charge is 0.466 e. The van der Waals surface area contributed by atoms with Gasteiger partial charge in [-0.25, -0.2) is 4.68 Å². The van der Waals surface area contributed by atoms with Gasteiger partial charge in [0.25, 0.3) is 5.56 Å². The van der Waals surface area contributed by atoms with Crippen LogP contribution in [0.25, 0.3) is 0 Å². The number of carbonyl (C=O) groups is 1. The summed E-state index contributed by atoms with van der Waals surface area (Å²) >= 11 is 0. The van der Waals surface area contributed by atoms with Crippen molar-refractivity contribution in [3.8, 4) is 0 Å². The lowest BCUT2D eigenvalue weighted by Crippen LogP contribution is -2.31. The molecule has 118 valence electrons. The van der Waals surface area contributed by atoms with Crippen molar-refractivity contribution in [2.24, 2.45) is 0 Å². The molecule has 0 aromatic carbocycles. The molecule has 7 nitrogen and oxygen atoms in total. The molecule has 1 rings (SSSR count). The van der Waals surface area contributed by atoms with Gasteiger partial charge in [-0.3, -0.25) is 9.59 Å². The van der Waals surface area contributed by atoms with Crippen molar-refractivity contribution in [2.75, 3.05) is 25.1 Å². The second kappa shape index (κ2) is 8.41. The molecule has 21 heavy (non-hydrogen) atoms. The van der Waals surface area contributed by atoms with E-state index in [4.69, 9.17) is 4.74 Å². The van der Waals surface area contributed by atoms with Gasteiger partial charge in [0.15, 0.2) is 0 Å². The second-order valence-corrected chi connectivity index (χ2v) is 4.82. The summed E-state index contributed by atoms with van der Waals surface area (Å²) < 4.78 is 5.89. The number of aromatic nitrogens is 2. The van der Waals surface area contributed by atoms with E-state index in [1.54, 1.807) is 13.1 Å². The summed E-state index contributed by atoms with van der Waals surface area (Å²) in [6.45, 7) is 4.81. The van der Waals surface area contributed by atoms with Crippen LogP contribution in [0.5, 0.6) is 0 Å². The highest BCUT2D eigenvalue weighted by Gasteiger charge is 2.14. The number of anilines is 1. The highest BCUT2D eigenvalue weighted by Crippen LogP contribution is 2.07. The first-order chi connectivity index (χ1) is 9.97. The van der Waals surface area contributed by atoms with E-state index in [1.807, 2.05) is 11.9 Å². The van der Waals surface area contributed by atoms with Crippen LogP contribution < -0.4 is 10.5 Å². The normalized spacial score (nSPS) is 12.0. The predicted molar refractivity (Wildman–Crippen MR) is 79.3 cm³/mol. The van der Waals surface area contributed by atoms with E-state index in [-0.39, 0.29) is 25.1 Å². The van der Waals surface area contributed by atoms with Crippen LogP contribution in [0.4, 0.5) is 5.69 Å². The maximum absolute atomic E-state index is 11.9. The van der Waals surface area contributed by atoms with Crippen LogP contribution in [0.3, 0.4) is 0 Å². The van der Waals surface area contributed by atoms with Crippen LogP contribution in [-0.2, 0) is 16.1 Å². The second-order valence-electron chi connectivity index (χ2n) is 4.82. The van der Waals surface area contributed by atoms with Crippen LogP contribution in [0.2, 0.25) is 0 Å². The third-order valence-electron chi connectivity index (χ3n) is 2.95. The summed E-state index contributed by atoms with van der Waals surface area (Å²) in [5.41, 5.74) is 0.427. The van der Waals surface area contributed by atoms with Gasteiger partial charge >= 0.3 is 5.97 Å². The molecule has 1 N–H and O–H groups in total. The molecule has 0 aliphatic rings. The Labute approximate surface area is 124 Å². The number of ether oxygens (including phenoxy) is 1. The summed E-state index contributed by atoms with van der Waals surface area (Å²) in [6.07, 6.45) is 1.40. The lowest BCUT2D eigenvalue weighted by Gasteiger charge is -2.18. The van der Waals surface area contributed by atoms with Gasteiger partial charge in [-0.05, 0) is 13.3 Å². The number of nitrogens with zero attached hydrogens (tertiary/aromatic N) is 3. The van der Waals surface area contributed by atoms with Gasteiger partial charge in [-0.1, -0.05) is 6.92 Å². The Morgan fingerprint density at radius 3 is 2.81 bits per heavy atom. The molecule has 0 saturated heterocycles. The van der Waals surface area contributed by atoms with E-state index < -0.39 is 12.1 Å². The molecule has 1 aromatic heterocycles. The average Bonchev–Trinajstić information content (AvgIpc) is 2.41. The summed E-state index contributed by atoms with van der Waals surface area (Å²) in [7, 11) is 1.89. The Morgan fingerprint density at radius 1 is 1.52 bits per heavy atom. The van der Waals surface area contributed by atoms with Crippen molar-refractivity contribution in [3.63, 3.8) is 0 Å². The van der Waals surface area contributed by atoms with Crippen LogP contribution in [-0.4, -0.2) is 47.2 Å². The Kier molecular flexibility index (Phi) is 6.87. The van der Waals surface area contributed by atoms with E-state index >= 15 is 0 Å². The number of aliphatic hydroxyl groups is 1. The minimum atomic E-state index is -0.992. The highest BCUT2D eigenvalue weighted by atomic mass is 16.5. The molecule has 1 atom stereocenters. The van der Waals surface area contributed by atoms with Crippen LogP contribution in [0.15, 0.2) is 17.1 Å². The average molecular weight is 297 g/mol. The molecule has 0 aliphatic carbocycles. The predicted octanol–water partition coefficient (Wildman–Crippen LogP) is 0.404. The number of hydrogen-bond donors (Lipinski definition) is 1. The van der Waals surface area contributed by atoms with E-state index in [2.05, 4.69) is 12.0 Å².